The lowest BCUT2D eigenvalue weighted by Crippen LogP contribution is -2.20. The van der Waals surface area contributed by atoms with Gasteiger partial charge < -0.3 is 4.90 Å². The van der Waals surface area contributed by atoms with Gasteiger partial charge in [-0.15, -0.1) is 0 Å². The van der Waals surface area contributed by atoms with Gasteiger partial charge in [-0.3, -0.25) is 10.1 Å². The van der Waals surface area contributed by atoms with Crippen molar-refractivity contribution < 1.29 is 4.92 Å². The second-order valence-electron chi connectivity index (χ2n) is 4.41. The van der Waals surface area contributed by atoms with Crippen molar-refractivity contribution in [3.05, 3.63) is 26.9 Å². The molecule has 0 N–H and O–H groups in total. The molecule has 5 nitrogen and oxygen atoms in total. The minimum absolute atomic E-state index is 0.0104. The van der Waals surface area contributed by atoms with E-state index in [1.165, 1.54) is 31.5 Å². The van der Waals surface area contributed by atoms with Crippen molar-refractivity contribution in [1.29, 1.82) is 0 Å². The van der Waals surface area contributed by atoms with Gasteiger partial charge in [-0.25, -0.2) is 4.98 Å². The largest absolute Gasteiger partial charge is 0.359 e. The quantitative estimate of drug-likeness (QED) is 0.619. The van der Waals surface area contributed by atoms with Crippen molar-refractivity contribution in [2.24, 2.45) is 5.92 Å². The fourth-order valence-electron chi connectivity index (χ4n) is 1.69. The highest BCUT2D eigenvalue weighted by atomic mass is 79.9. The number of nitro groups is 1. The number of halogens is 1. The highest BCUT2D eigenvalue weighted by molar-refractivity contribution is 9.10. The fourth-order valence-corrected chi connectivity index (χ4v) is 2.33. The number of rotatable bonds is 5. The summed E-state index contributed by atoms with van der Waals surface area (Å²) in [6.45, 7) is 0.939. The van der Waals surface area contributed by atoms with Gasteiger partial charge in [-0.05, 0) is 28.3 Å². The number of nitrogens with zero attached hydrogens (tertiary/aromatic N) is 3. The van der Waals surface area contributed by atoms with Crippen LogP contribution in [0.2, 0.25) is 0 Å². The summed E-state index contributed by atoms with van der Waals surface area (Å²) in [6, 6.07) is 1.50. The molecule has 0 unspecified atom stereocenters. The van der Waals surface area contributed by atoms with Gasteiger partial charge in [0.25, 0.3) is 5.69 Å². The van der Waals surface area contributed by atoms with Crippen molar-refractivity contribution in [2.75, 3.05) is 18.5 Å². The maximum atomic E-state index is 10.6. The summed E-state index contributed by atoms with van der Waals surface area (Å²) in [5.74, 6) is 1.63. The molecule has 1 aromatic heterocycles. The Kier molecular flexibility index (Phi) is 3.61. The van der Waals surface area contributed by atoms with E-state index in [0.29, 0.717) is 4.47 Å². The lowest BCUT2D eigenvalue weighted by molar-refractivity contribution is -0.385. The summed E-state index contributed by atoms with van der Waals surface area (Å²) in [7, 11) is 1.96. The topological polar surface area (TPSA) is 59.3 Å². The van der Waals surface area contributed by atoms with Crippen LogP contribution in [-0.2, 0) is 0 Å². The summed E-state index contributed by atoms with van der Waals surface area (Å²) in [5.41, 5.74) is 0.0104. The molecule has 17 heavy (non-hydrogen) atoms. The maximum Gasteiger partial charge on any atom is 0.288 e. The molecular formula is C11H14BrN3O2. The van der Waals surface area contributed by atoms with Gasteiger partial charge in [0.2, 0.25) is 0 Å². The molecule has 1 aliphatic carbocycles. The number of pyridine rings is 1. The number of aromatic nitrogens is 1. The van der Waals surface area contributed by atoms with E-state index in [1.54, 1.807) is 0 Å². The highest BCUT2D eigenvalue weighted by Gasteiger charge is 2.22. The Morgan fingerprint density at radius 2 is 2.35 bits per heavy atom. The zero-order chi connectivity index (χ0) is 12.4. The second kappa shape index (κ2) is 5.00. The average Bonchev–Trinajstić information content (AvgIpc) is 3.09. The Bertz CT molecular complexity index is 435. The SMILES string of the molecule is CN(CCC1CC1)c1ncc([N+](=O)[O-])cc1Br. The molecule has 1 aromatic rings. The van der Waals surface area contributed by atoms with Crippen LogP contribution in [0.25, 0.3) is 0 Å². The normalized spacial score (nSPS) is 14.7. The average molecular weight is 300 g/mol. The molecule has 0 aromatic carbocycles. The third kappa shape index (κ3) is 3.15. The Morgan fingerprint density at radius 3 is 2.88 bits per heavy atom. The molecule has 0 saturated heterocycles. The van der Waals surface area contributed by atoms with E-state index >= 15 is 0 Å². The van der Waals surface area contributed by atoms with E-state index in [1.807, 2.05) is 11.9 Å². The molecule has 1 aliphatic rings. The van der Waals surface area contributed by atoms with Crippen LogP contribution in [0.3, 0.4) is 0 Å². The molecule has 1 fully saturated rings. The number of hydrogen-bond acceptors (Lipinski definition) is 4. The molecule has 1 heterocycles. The van der Waals surface area contributed by atoms with Crippen LogP contribution in [0.1, 0.15) is 19.3 Å². The summed E-state index contributed by atoms with van der Waals surface area (Å²) >= 11 is 3.33. The summed E-state index contributed by atoms with van der Waals surface area (Å²) in [5, 5.41) is 10.6. The van der Waals surface area contributed by atoms with Crippen LogP contribution < -0.4 is 4.90 Å². The van der Waals surface area contributed by atoms with E-state index in [2.05, 4.69) is 20.9 Å². The summed E-state index contributed by atoms with van der Waals surface area (Å²) < 4.78 is 0.671. The van der Waals surface area contributed by atoms with Crippen molar-refractivity contribution in [2.45, 2.75) is 19.3 Å². The predicted molar refractivity (Wildman–Crippen MR) is 69.2 cm³/mol. The Balaban J connectivity index is 2.05. The minimum atomic E-state index is -0.439. The van der Waals surface area contributed by atoms with Crippen LogP contribution >= 0.6 is 15.9 Å². The first-order chi connectivity index (χ1) is 8.08. The molecule has 0 amide bonds. The first-order valence-electron chi connectivity index (χ1n) is 5.59. The molecule has 0 atom stereocenters. The third-order valence-corrected chi connectivity index (χ3v) is 3.53. The Hall–Kier alpha value is -1.17. The van der Waals surface area contributed by atoms with Crippen molar-refractivity contribution in [3.8, 4) is 0 Å². The van der Waals surface area contributed by atoms with Crippen LogP contribution in [-0.4, -0.2) is 23.5 Å². The molecule has 6 heteroatoms. The molecule has 0 aliphatic heterocycles. The van der Waals surface area contributed by atoms with E-state index < -0.39 is 4.92 Å². The second-order valence-corrected chi connectivity index (χ2v) is 5.26. The van der Waals surface area contributed by atoms with E-state index in [0.717, 1.165) is 18.3 Å². The van der Waals surface area contributed by atoms with E-state index in [-0.39, 0.29) is 5.69 Å². The number of hydrogen-bond donors (Lipinski definition) is 0. The van der Waals surface area contributed by atoms with Crippen LogP contribution in [0, 0.1) is 16.0 Å². The smallest absolute Gasteiger partial charge is 0.288 e. The maximum absolute atomic E-state index is 10.6. The van der Waals surface area contributed by atoms with Gasteiger partial charge >= 0.3 is 0 Å². The van der Waals surface area contributed by atoms with Crippen molar-refractivity contribution in [1.82, 2.24) is 4.98 Å². The minimum Gasteiger partial charge on any atom is -0.359 e. The lowest BCUT2D eigenvalue weighted by Gasteiger charge is -2.18. The van der Waals surface area contributed by atoms with Gasteiger partial charge in [-0.1, -0.05) is 12.8 Å². The van der Waals surface area contributed by atoms with Crippen LogP contribution in [0.15, 0.2) is 16.7 Å². The molecular weight excluding hydrogens is 286 g/mol. The Labute approximate surface area is 108 Å². The summed E-state index contributed by atoms with van der Waals surface area (Å²) in [4.78, 5) is 16.3. The molecule has 2 rings (SSSR count). The van der Waals surface area contributed by atoms with E-state index in [4.69, 9.17) is 0 Å². The monoisotopic (exact) mass is 299 g/mol. The van der Waals surface area contributed by atoms with Gasteiger partial charge in [0.1, 0.15) is 12.0 Å². The first kappa shape index (κ1) is 12.3. The zero-order valence-electron chi connectivity index (χ0n) is 9.60. The highest BCUT2D eigenvalue weighted by Crippen LogP contribution is 2.33. The van der Waals surface area contributed by atoms with Gasteiger partial charge in [-0.2, -0.15) is 0 Å². The Morgan fingerprint density at radius 1 is 1.65 bits per heavy atom. The fraction of sp³-hybridized carbons (Fsp3) is 0.545. The van der Waals surface area contributed by atoms with Gasteiger partial charge in [0.15, 0.2) is 0 Å². The molecule has 1 saturated carbocycles. The third-order valence-electron chi connectivity index (χ3n) is 2.95. The standard InChI is InChI=1S/C11H14BrN3O2/c1-14(5-4-8-2-3-8)11-10(12)6-9(7-13-11)15(16)17/h6-8H,2-5H2,1H3. The molecule has 0 spiro atoms. The predicted octanol–water partition coefficient (Wildman–Crippen LogP) is 2.99. The van der Waals surface area contributed by atoms with Gasteiger partial charge in [0, 0.05) is 19.7 Å². The number of anilines is 1. The molecule has 0 bridgehead atoms. The van der Waals surface area contributed by atoms with Gasteiger partial charge in [0.05, 0.1) is 9.40 Å². The molecule has 0 radical (unpaired) electrons. The lowest BCUT2D eigenvalue weighted by atomic mass is 10.3. The van der Waals surface area contributed by atoms with Crippen LogP contribution in [0.5, 0.6) is 0 Å². The van der Waals surface area contributed by atoms with Crippen LogP contribution in [0.4, 0.5) is 11.5 Å². The zero-order valence-corrected chi connectivity index (χ0v) is 11.2. The van der Waals surface area contributed by atoms with Crippen molar-refractivity contribution in [3.63, 3.8) is 0 Å². The van der Waals surface area contributed by atoms with E-state index in [9.17, 15) is 10.1 Å². The first-order valence-corrected chi connectivity index (χ1v) is 6.38. The molecule has 92 valence electrons. The summed E-state index contributed by atoms with van der Waals surface area (Å²) in [6.07, 6.45) is 5.14. The van der Waals surface area contributed by atoms with Crippen molar-refractivity contribution >= 4 is 27.4 Å².